The minimum atomic E-state index is -0.923. The summed E-state index contributed by atoms with van der Waals surface area (Å²) < 4.78 is 64.4. The fourth-order valence-corrected chi connectivity index (χ4v) is 8.23. The Kier molecular flexibility index (Phi) is 11.7. The summed E-state index contributed by atoms with van der Waals surface area (Å²) in [6.07, 6.45) is -5.39. The van der Waals surface area contributed by atoms with Gasteiger partial charge in [-0.15, -0.1) is 0 Å². The summed E-state index contributed by atoms with van der Waals surface area (Å²) in [4.78, 5) is 12.9. The summed E-state index contributed by atoms with van der Waals surface area (Å²) in [5.41, 5.74) is 1.58. The zero-order valence-corrected chi connectivity index (χ0v) is 31.0. The summed E-state index contributed by atoms with van der Waals surface area (Å²) in [5.74, 6) is -2.23. The maximum absolute atomic E-state index is 11.9. The number of benzene rings is 3. The number of thioether (sulfide) groups is 1. The van der Waals surface area contributed by atoms with Gasteiger partial charge in [0, 0.05) is 11.8 Å². The predicted molar refractivity (Wildman–Crippen MR) is 190 cm³/mol. The number of carbonyl (C=O) groups is 1. The Morgan fingerprint density at radius 3 is 1.65 bits per heavy atom. The van der Waals surface area contributed by atoms with Gasteiger partial charge >= 0.3 is 5.97 Å². The second kappa shape index (κ2) is 16.2. The van der Waals surface area contributed by atoms with Crippen LogP contribution in [0.15, 0.2) is 95.9 Å². The largest absolute Gasteiger partial charge is 0.463 e. The molecule has 4 aliphatic heterocycles. The molecule has 0 N–H and O–H groups in total. The number of fused-ring (bicyclic) bond motifs is 2. The molecule has 0 saturated carbocycles. The topological polar surface area (TPSA) is 109 Å². The van der Waals surface area contributed by atoms with E-state index >= 15 is 0 Å². The lowest BCUT2D eigenvalue weighted by atomic mass is 9.98. The molecule has 3 aromatic rings. The molecule has 52 heavy (non-hydrogen) atoms. The summed E-state index contributed by atoms with van der Waals surface area (Å²) in [6, 6.07) is 30.0. The number of carbonyl (C=O) groups excluding carboxylic acids is 1. The Morgan fingerprint density at radius 2 is 1.10 bits per heavy atom. The van der Waals surface area contributed by atoms with Gasteiger partial charge in [-0.2, -0.15) is 0 Å². The first-order valence-corrected chi connectivity index (χ1v) is 18.7. The van der Waals surface area contributed by atoms with Crippen LogP contribution in [0.3, 0.4) is 0 Å². The van der Waals surface area contributed by atoms with Crippen LogP contribution >= 0.6 is 11.8 Å². The molecule has 4 heterocycles. The van der Waals surface area contributed by atoms with Crippen molar-refractivity contribution in [3.8, 4) is 0 Å². The van der Waals surface area contributed by atoms with Crippen molar-refractivity contribution in [1.29, 1.82) is 0 Å². The molecule has 10 atom stereocenters. The Bertz CT molecular complexity index is 1590. The van der Waals surface area contributed by atoms with Crippen LogP contribution in [0.2, 0.25) is 0 Å². The van der Waals surface area contributed by atoms with Crippen LogP contribution < -0.4 is 0 Å². The normalized spacial score (nSPS) is 33.2. The Labute approximate surface area is 309 Å². The average molecular weight is 737 g/mol. The van der Waals surface area contributed by atoms with Crippen LogP contribution in [-0.4, -0.2) is 91.3 Å². The third-order valence-corrected chi connectivity index (χ3v) is 10.5. The number of ether oxygens (including phenoxy) is 10. The maximum Gasteiger partial charge on any atom is 0.302 e. The molecule has 0 radical (unpaired) electrons. The SMILES string of the molecule is CC(=O)OC[C@H]1O[C@H](OC[C@H]2O[C@@H](Sc3ccccc3)[C@H](OCc3ccccc3)[C@H]3OC(C)(C)O[C@H]32)[C@H](OCc2ccccc2)[C@H]2OC(C)(C)O[C@H]21. The summed E-state index contributed by atoms with van der Waals surface area (Å²) >= 11 is 1.57. The highest BCUT2D eigenvalue weighted by atomic mass is 32.2. The van der Waals surface area contributed by atoms with Crippen molar-refractivity contribution in [3.63, 3.8) is 0 Å². The molecule has 7 rings (SSSR count). The fraction of sp³-hybridized carbons (Fsp3) is 0.525. The smallest absolute Gasteiger partial charge is 0.302 e. The van der Waals surface area contributed by atoms with Gasteiger partial charge < -0.3 is 47.4 Å². The van der Waals surface area contributed by atoms with E-state index in [2.05, 4.69) is 0 Å². The van der Waals surface area contributed by atoms with Crippen molar-refractivity contribution in [3.05, 3.63) is 102 Å². The van der Waals surface area contributed by atoms with Gasteiger partial charge in [0.05, 0.1) is 19.8 Å². The van der Waals surface area contributed by atoms with Gasteiger partial charge in [-0.25, -0.2) is 0 Å². The van der Waals surface area contributed by atoms with Crippen LogP contribution in [0.5, 0.6) is 0 Å². The lowest BCUT2D eigenvalue weighted by Gasteiger charge is -2.44. The highest BCUT2D eigenvalue weighted by Crippen LogP contribution is 2.44. The number of esters is 1. The van der Waals surface area contributed by atoms with E-state index in [0.29, 0.717) is 13.2 Å². The van der Waals surface area contributed by atoms with Crippen LogP contribution in [-0.2, 0) is 65.4 Å². The van der Waals surface area contributed by atoms with Gasteiger partial charge in [-0.1, -0.05) is 90.6 Å². The molecular formula is C40H48O11S. The molecule has 0 aromatic heterocycles. The van der Waals surface area contributed by atoms with E-state index in [1.54, 1.807) is 11.8 Å². The molecule has 0 aliphatic carbocycles. The fourth-order valence-electron chi connectivity index (χ4n) is 7.08. The van der Waals surface area contributed by atoms with Crippen molar-refractivity contribution < 1.29 is 52.2 Å². The van der Waals surface area contributed by atoms with Crippen molar-refractivity contribution in [2.75, 3.05) is 13.2 Å². The minimum absolute atomic E-state index is 0.0345. The van der Waals surface area contributed by atoms with E-state index in [1.807, 2.05) is 119 Å². The maximum atomic E-state index is 11.9. The highest BCUT2D eigenvalue weighted by molar-refractivity contribution is 7.99. The zero-order chi connectivity index (χ0) is 36.3. The van der Waals surface area contributed by atoms with Crippen LogP contribution in [0, 0.1) is 0 Å². The third-order valence-electron chi connectivity index (χ3n) is 9.30. The lowest BCUT2D eigenvalue weighted by molar-refractivity contribution is -0.304. The van der Waals surface area contributed by atoms with Crippen molar-refractivity contribution in [2.24, 2.45) is 0 Å². The Hall–Kier alpha value is -2.88. The third kappa shape index (κ3) is 9.07. The highest BCUT2D eigenvalue weighted by Gasteiger charge is 2.59. The van der Waals surface area contributed by atoms with Crippen LogP contribution in [0.4, 0.5) is 0 Å². The minimum Gasteiger partial charge on any atom is -0.463 e. The molecular weight excluding hydrogens is 688 g/mol. The predicted octanol–water partition coefficient (Wildman–Crippen LogP) is 6.02. The van der Waals surface area contributed by atoms with Gasteiger partial charge in [0.25, 0.3) is 0 Å². The second-order valence-corrected chi connectivity index (χ2v) is 15.5. The first kappa shape index (κ1) is 37.4. The number of hydrogen-bond donors (Lipinski definition) is 0. The molecule has 3 aromatic carbocycles. The van der Waals surface area contributed by atoms with Gasteiger partial charge in [0.15, 0.2) is 17.9 Å². The van der Waals surface area contributed by atoms with Crippen molar-refractivity contribution in [1.82, 2.24) is 0 Å². The molecule has 4 saturated heterocycles. The van der Waals surface area contributed by atoms with Crippen LogP contribution in [0.25, 0.3) is 0 Å². The Balaban J connectivity index is 1.14. The molecule has 12 heteroatoms. The standard InChI is InChI=1S/C40H48O11S/c1-25(41)42-23-29-31-33(50-39(2,3)48-31)35(43-21-26-15-9-6-10-16-26)37(46-29)45-24-30-32-34(51-40(4,5)49-32)36(44-22-27-17-11-7-12-18-27)38(47-30)52-28-19-13-8-14-20-28/h6-20,29-38H,21-24H2,1-5H3/t29-,30-,31+,32+,33+,34+,35-,36-,37+,38+/m1/s1. The van der Waals surface area contributed by atoms with Crippen LogP contribution in [0.1, 0.15) is 45.7 Å². The molecule has 4 fully saturated rings. The quantitative estimate of drug-likeness (QED) is 0.192. The zero-order valence-electron chi connectivity index (χ0n) is 30.2. The molecule has 0 amide bonds. The first-order chi connectivity index (χ1) is 25.0. The summed E-state index contributed by atoms with van der Waals surface area (Å²) in [7, 11) is 0. The summed E-state index contributed by atoms with van der Waals surface area (Å²) in [5, 5.41) is 0. The molecule has 0 bridgehead atoms. The van der Waals surface area contributed by atoms with Gasteiger partial charge in [-0.05, 0) is 51.0 Å². The molecule has 280 valence electrons. The van der Waals surface area contributed by atoms with E-state index in [0.717, 1.165) is 16.0 Å². The monoisotopic (exact) mass is 736 g/mol. The van der Waals surface area contributed by atoms with Crippen molar-refractivity contribution >= 4 is 17.7 Å². The molecule has 4 aliphatic rings. The molecule has 0 unspecified atom stereocenters. The second-order valence-electron chi connectivity index (χ2n) is 14.3. The van der Waals surface area contributed by atoms with E-state index in [1.165, 1.54) is 6.92 Å². The molecule has 0 spiro atoms. The van der Waals surface area contributed by atoms with Crippen molar-refractivity contribution in [2.45, 2.75) is 125 Å². The van der Waals surface area contributed by atoms with Gasteiger partial charge in [-0.3, -0.25) is 4.79 Å². The number of hydrogen-bond acceptors (Lipinski definition) is 12. The van der Waals surface area contributed by atoms with Gasteiger partial charge in [0.1, 0.15) is 60.9 Å². The lowest BCUT2D eigenvalue weighted by Crippen LogP contribution is -2.61. The first-order valence-electron chi connectivity index (χ1n) is 17.8. The van der Waals surface area contributed by atoms with E-state index in [9.17, 15) is 4.79 Å². The van der Waals surface area contributed by atoms with E-state index < -0.39 is 78.1 Å². The van der Waals surface area contributed by atoms with E-state index in [4.69, 9.17) is 47.4 Å². The Morgan fingerprint density at radius 1 is 0.615 bits per heavy atom. The van der Waals surface area contributed by atoms with E-state index in [-0.39, 0.29) is 13.2 Å². The number of rotatable bonds is 13. The van der Waals surface area contributed by atoms with Gasteiger partial charge in [0.2, 0.25) is 0 Å². The summed E-state index contributed by atoms with van der Waals surface area (Å²) in [6.45, 7) is 9.56. The molecule has 11 nitrogen and oxygen atoms in total. The average Bonchev–Trinajstić information content (AvgIpc) is 3.64.